The van der Waals surface area contributed by atoms with Crippen molar-refractivity contribution in [3.63, 3.8) is 0 Å². The van der Waals surface area contributed by atoms with E-state index in [4.69, 9.17) is 4.74 Å². The summed E-state index contributed by atoms with van der Waals surface area (Å²) in [5.41, 5.74) is 1.09. The molecule has 0 bridgehead atoms. The molecule has 1 aliphatic rings. The van der Waals surface area contributed by atoms with Crippen LogP contribution in [0.4, 0.5) is 5.95 Å². The molecule has 4 nitrogen and oxygen atoms in total. The van der Waals surface area contributed by atoms with Crippen LogP contribution in [0.2, 0.25) is 0 Å². The highest BCUT2D eigenvalue weighted by Gasteiger charge is 2.21. The fraction of sp³-hybridized carbons (Fsp3) is 0.812. The van der Waals surface area contributed by atoms with Gasteiger partial charge in [-0.2, -0.15) is 0 Å². The Labute approximate surface area is 122 Å². The van der Waals surface area contributed by atoms with Gasteiger partial charge in [-0.15, -0.1) is 0 Å². The number of rotatable bonds is 6. The zero-order valence-corrected chi connectivity index (χ0v) is 13.2. The van der Waals surface area contributed by atoms with Crippen LogP contribution in [0.25, 0.3) is 0 Å². The Kier molecular flexibility index (Phi) is 5.89. The molecule has 0 aromatic carbocycles. The fourth-order valence-corrected chi connectivity index (χ4v) is 3.08. The smallest absolute Gasteiger partial charge is 0.203 e. The Bertz CT molecular complexity index is 402. The maximum atomic E-state index is 5.14. The average Bonchev–Trinajstić information content (AvgIpc) is 2.63. The van der Waals surface area contributed by atoms with Crippen LogP contribution in [0.1, 0.15) is 51.1 Å². The van der Waals surface area contributed by atoms with E-state index in [2.05, 4.69) is 34.9 Å². The molecule has 1 fully saturated rings. The molecule has 2 atom stereocenters. The van der Waals surface area contributed by atoms with E-state index in [1.807, 2.05) is 0 Å². The topological polar surface area (TPSA) is 39.1 Å². The van der Waals surface area contributed by atoms with Crippen LogP contribution in [0.15, 0.2) is 6.20 Å². The lowest BCUT2D eigenvalue weighted by atomic mass is 9.97. The SMILES string of the molecule is COCCCn1cc(C)nc1NC1CCCCCC1C. The summed E-state index contributed by atoms with van der Waals surface area (Å²) in [6.07, 6.45) is 9.86. The van der Waals surface area contributed by atoms with E-state index in [1.165, 1.54) is 32.1 Å². The molecular formula is C16H29N3O. The summed E-state index contributed by atoms with van der Waals surface area (Å²) in [6.45, 7) is 6.21. The monoisotopic (exact) mass is 279 g/mol. The first kappa shape index (κ1) is 15.4. The van der Waals surface area contributed by atoms with Gasteiger partial charge in [-0.25, -0.2) is 4.98 Å². The van der Waals surface area contributed by atoms with E-state index in [1.54, 1.807) is 7.11 Å². The normalized spacial score (nSPS) is 23.6. The lowest BCUT2D eigenvalue weighted by molar-refractivity contribution is 0.190. The van der Waals surface area contributed by atoms with Gasteiger partial charge in [0.1, 0.15) is 0 Å². The van der Waals surface area contributed by atoms with Gasteiger partial charge in [-0.1, -0.05) is 26.2 Å². The van der Waals surface area contributed by atoms with Crippen molar-refractivity contribution in [2.24, 2.45) is 5.92 Å². The van der Waals surface area contributed by atoms with Crippen LogP contribution in [0.3, 0.4) is 0 Å². The number of ether oxygens (including phenoxy) is 1. The summed E-state index contributed by atoms with van der Waals surface area (Å²) in [7, 11) is 1.76. The highest BCUT2D eigenvalue weighted by Crippen LogP contribution is 2.25. The molecule has 1 aromatic rings. The van der Waals surface area contributed by atoms with Gasteiger partial charge in [0.2, 0.25) is 5.95 Å². The molecule has 1 saturated carbocycles. The molecule has 20 heavy (non-hydrogen) atoms. The van der Waals surface area contributed by atoms with E-state index in [-0.39, 0.29) is 0 Å². The number of aryl methyl sites for hydroxylation is 2. The minimum Gasteiger partial charge on any atom is -0.385 e. The predicted molar refractivity (Wildman–Crippen MR) is 83.1 cm³/mol. The molecule has 0 saturated heterocycles. The fourth-order valence-electron chi connectivity index (χ4n) is 3.08. The summed E-state index contributed by atoms with van der Waals surface area (Å²) in [4.78, 5) is 4.66. The summed E-state index contributed by atoms with van der Waals surface area (Å²) in [6, 6.07) is 0.570. The van der Waals surface area contributed by atoms with Gasteiger partial charge in [0.05, 0.1) is 5.69 Å². The van der Waals surface area contributed by atoms with Crippen molar-refractivity contribution in [3.05, 3.63) is 11.9 Å². The number of aromatic nitrogens is 2. The standard InChI is InChI=1S/C16H29N3O/c1-13-8-5-4-6-9-15(13)18-16-17-14(2)12-19(16)10-7-11-20-3/h12-13,15H,4-11H2,1-3H3,(H,17,18). The first-order valence-corrected chi connectivity index (χ1v) is 8.00. The van der Waals surface area contributed by atoms with Crippen molar-refractivity contribution in [1.29, 1.82) is 0 Å². The largest absolute Gasteiger partial charge is 0.385 e. The Morgan fingerprint density at radius 1 is 1.35 bits per heavy atom. The highest BCUT2D eigenvalue weighted by molar-refractivity contribution is 5.30. The molecule has 1 aliphatic carbocycles. The van der Waals surface area contributed by atoms with Crippen molar-refractivity contribution in [2.75, 3.05) is 19.0 Å². The number of hydrogen-bond acceptors (Lipinski definition) is 3. The zero-order valence-electron chi connectivity index (χ0n) is 13.2. The minimum atomic E-state index is 0.570. The Morgan fingerprint density at radius 2 is 2.15 bits per heavy atom. The second-order valence-corrected chi connectivity index (χ2v) is 6.11. The first-order chi connectivity index (χ1) is 9.70. The molecular weight excluding hydrogens is 250 g/mol. The quantitative estimate of drug-likeness (QED) is 0.638. The summed E-state index contributed by atoms with van der Waals surface area (Å²) >= 11 is 0. The van der Waals surface area contributed by atoms with Crippen LogP contribution in [0, 0.1) is 12.8 Å². The van der Waals surface area contributed by atoms with Gasteiger partial charge in [-0.05, 0) is 32.1 Å². The molecule has 4 heteroatoms. The molecule has 1 heterocycles. The summed E-state index contributed by atoms with van der Waals surface area (Å²) in [5, 5.41) is 3.70. The van der Waals surface area contributed by atoms with Crippen LogP contribution >= 0.6 is 0 Å². The van der Waals surface area contributed by atoms with Gasteiger partial charge < -0.3 is 14.6 Å². The molecule has 2 unspecified atom stereocenters. The van der Waals surface area contributed by atoms with Crippen molar-refractivity contribution in [2.45, 2.75) is 65.0 Å². The molecule has 0 spiro atoms. The van der Waals surface area contributed by atoms with E-state index in [0.29, 0.717) is 6.04 Å². The predicted octanol–water partition coefficient (Wildman–Crippen LogP) is 3.61. The average molecular weight is 279 g/mol. The first-order valence-electron chi connectivity index (χ1n) is 8.00. The Balaban J connectivity index is 1.99. The molecule has 114 valence electrons. The molecule has 1 aromatic heterocycles. The van der Waals surface area contributed by atoms with E-state index in [9.17, 15) is 0 Å². The third kappa shape index (κ3) is 4.23. The summed E-state index contributed by atoms with van der Waals surface area (Å²) in [5.74, 6) is 1.78. The van der Waals surface area contributed by atoms with Crippen molar-refractivity contribution >= 4 is 5.95 Å². The lowest BCUT2D eigenvalue weighted by Gasteiger charge is -2.23. The number of anilines is 1. The second kappa shape index (κ2) is 7.67. The van der Waals surface area contributed by atoms with Crippen LogP contribution in [0.5, 0.6) is 0 Å². The van der Waals surface area contributed by atoms with Gasteiger partial charge in [0.15, 0.2) is 0 Å². The Hall–Kier alpha value is -1.03. The van der Waals surface area contributed by atoms with Crippen LogP contribution in [-0.4, -0.2) is 29.3 Å². The van der Waals surface area contributed by atoms with Gasteiger partial charge in [-0.3, -0.25) is 0 Å². The zero-order chi connectivity index (χ0) is 14.4. The molecule has 0 aliphatic heterocycles. The maximum Gasteiger partial charge on any atom is 0.203 e. The highest BCUT2D eigenvalue weighted by atomic mass is 16.5. The van der Waals surface area contributed by atoms with Crippen molar-refractivity contribution in [1.82, 2.24) is 9.55 Å². The van der Waals surface area contributed by atoms with Crippen LogP contribution < -0.4 is 5.32 Å². The third-order valence-corrected chi connectivity index (χ3v) is 4.32. The van der Waals surface area contributed by atoms with Crippen molar-refractivity contribution < 1.29 is 4.74 Å². The molecule has 0 amide bonds. The molecule has 2 rings (SSSR count). The number of nitrogens with one attached hydrogen (secondary N) is 1. The minimum absolute atomic E-state index is 0.570. The number of methoxy groups -OCH3 is 1. The van der Waals surface area contributed by atoms with E-state index < -0.39 is 0 Å². The second-order valence-electron chi connectivity index (χ2n) is 6.11. The van der Waals surface area contributed by atoms with E-state index >= 15 is 0 Å². The lowest BCUT2D eigenvalue weighted by Crippen LogP contribution is -2.28. The van der Waals surface area contributed by atoms with Crippen LogP contribution in [-0.2, 0) is 11.3 Å². The maximum absolute atomic E-state index is 5.14. The number of imidazole rings is 1. The summed E-state index contributed by atoms with van der Waals surface area (Å²) < 4.78 is 7.38. The van der Waals surface area contributed by atoms with Gasteiger partial charge in [0, 0.05) is 32.5 Å². The third-order valence-electron chi connectivity index (χ3n) is 4.32. The number of nitrogens with zero attached hydrogens (tertiary/aromatic N) is 2. The van der Waals surface area contributed by atoms with Gasteiger partial charge >= 0.3 is 0 Å². The van der Waals surface area contributed by atoms with Crippen molar-refractivity contribution in [3.8, 4) is 0 Å². The molecule has 0 radical (unpaired) electrons. The van der Waals surface area contributed by atoms with E-state index in [0.717, 1.165) is 37.1 Å². The molecule has 1 N–H and O–H groups in total. The number of hydrogen-bond donors (Lipinski definition) is 1. The Morgan fingerprint density at radius 3 is 2.95 bits per heavy atom. The van der Waals surface area contributed by atoms with Gasteiger partial charge in [0.25, 0.3) is 0 Å².